The van der Waals surface area contributed by atoms with Crippen LogP contribution in [-0.4, -0.2) is 50.4 Å². The molecule has 0 aliphatic rings. The third-order valence-corrected chi connectivity index (χ3v) is 9.29. The fourth-order valence-electron chi connectivity index (χ4n) is 4.87. The number of rotatable bonds is 12. The van der Waals surface area contributed by atoms with Crippen LogP contribution in [0.1, 0.15) is 31.9 Å². The smallest absolute Gasteiger partial charge is 0.264 e. The van der Waals surface area contributed by atoms with Gasteiger partial charge in [0.15, 0.2) is 0 Å². The first kappa shape index (κ1) is 34.8. The summed E-state index contributed by atoms with van der Waals surface area (Å²) in [6, 6.07) is 27.5. The molecule has 11 heteroatoms. The Hall–Kier alpha value is -4.05. The molecule has 0 radical (unpaired) electrons. The van der Waals surface area contributed by atoms with Crippen molar-refractivity contribution in [2.75, 3.05) is 18.0 Å². The molecule has 0 saturated heterocycles. The van der Waals surface area contributed by atoms with Crippen molar-refractivity contribution in [3.8, 4) is 5.75 Å². The zero-order valence-electron chi connectivity index (χ0n) is 26.1. The first-order valence-corrected chi connectivity index (χ1v) is 16.8. The van der Waals surface area contributed by atoms with Gasteiger partial charge in [-0.15, -0.1) is 0 Å². The van der Waals surface area contributed by atoms with E-state index in [0.29, 0.717) is 21.4 Å². The van der Waals surface area contributed by atoms with Gasteiger partial charge in [0.1, 0.15) is 18.3 Å². The van der Waals surface area contributed by atoms with Gasteiger partial charge in [0.25, 0.3) is 10.0 Å². The van der Waals surface area contributed by atoms with E-state index in [2.05, 4.69) is 5.32 Å². The molecule has 0 fully saturated rings. The van der Waals surface area contributed by atoms with Crippen molar-refractivity contribution in [1.82, 2.24) is 10.2 Å². The molecule has 0 bridgehead atoms. The van der Waals surface area contributed by atoms with E-state index in [-0.39, 0.29) is 29.5 Å². The molecule has 4 aromatic carbocycles. The monoisotopic (exact) mass is 681 g/mol. The van der Waals surface area contributed by atoms with Crippen LogP contribution in [0.5, 0.6) is 5.75 Å². The van der Waals surface area contributed by atoms with E-state index in [9.17, 15) is 18.0 Å². The molecule has 0 saturated carbocycles. The number of amides is 2. The zero-order chi connectivity index (χ0) is 33.5. The molecule has 0 aliphatic carbocycles. The number of hydrogen-bond acceptors (Lipinski definition) is 5. The lowest BCUT2D eigenvalue weighted by molar-refractivity contribution is -0.140. The highest BCUT2D eigenvalue weighted by Gasteiger charge is 2.35. The van der Waals surface area contributed by atoms with Crippen molar-refractivity contribution >= 4 is 50.7 Å². The maximum absolute atomic E-state index is 14.5. The highest BCUT2D eigenvalue weighted by atomic mass is 35.5. The van der Waals surface area contributed by atoms with Crippen LogP contribution >= 0.6 is 23.2 Å². The maximum atomic E-state index is 14.5. The largest absolute Gasteiger partial charge is 0.497 e. The van der Waals surface area contributed by atoms with Gasteiger partial charge in [0.2, 0.25) is 11.8 Å². The van der Waals surface area contributed by atoms with E-state index in [4.69, 9.17) is 27.9 Å². The quantitative estimate of drug-likeness (QED) is 0.178. The van der Waals surface area contributed by atoms with Gasteiger partial charge in [-0.25, -0.2) is 8.42 Å². The zero-order valence-corrected chi connectivity index (χ0v) is 28.4. The van der Waals surface area contributed by atoms with Crippen molar-refractivity contribution in [3.05, 3.63) is 124 Å². The minimum atomic E-state index is -4.29. The lowest BCUT2D eigenvalue weighted by Crippen LogP contribution is -2.56. The normalized spacial score (nSPS) is 12.2. The standard InChI is InChI=1S/C35H37Cl2N3O5S/c1-35(2,3)38-34(42)32(21-25-10-6-5-7-11-25)39(23-26-12-8-13-27(36)20-26)33(41)24-40(29-15-9-14-28(37)22-29)46(43,44)31-18-16-30(45-4)17-19-31/h5-20,22,32H,21,23-24H2,1-4H3,(H,38,42). The van der Waals surface area contributed by atoms with Crippen LogP contribution in [0.3, 0.4) is 0 Å². The molecule has 242 valence electrons. The van der Waals surface area contributed by atoms with Crippen molar-refractivity contribution in [3.63, 3.8) is 0 Å². The number of nitrogens with zero attached hydrogens (tertiary/aromatic N) is 2. The van der Waals surface area contributed by atoms with Crippen molar-refractivity contribution in [2.45, 2.75) is 50.2 Å². The number of methoxy groups -OCH3 is 1. The van der Waals surface area contributed by atoms with Gasteiger partial charge in [0.05, 0.1) is 17.7 Å². The van der Waals surface area contributed by atoms with E-state index in [1.165, 1.54) is 42.3 Å². The molecule has 1 unspecified atom stereocenters. The molecule has 46 heavy (non-hydrogen) atoms. The predicted molar refractivity (Wildman–Crippen MR) is 183 cm³/mol. The molecule has 0 aliphatic heterocycles. The second kappa shape index (κ2) is 15.0. The topological polar surface area (TPSA) is 96.0 Å². The predicted octanol–water partition coefficient (Wildman–Crippen LogP) is 6.75. The highest BCUT2D eigenvalue weighted by Crippen LogP contribution is 2.28. The molecule has 1 atom stereocenters. The van der Waals surface area contributed by atoms with Crippen molar-refractivity contribution in [1.29, 1.82) is 0 Å². The average molecular weight is 683 g/mol. The summed E-state index contributed by atoms with van der Waals surface area (Å²) in [5.74, 6) is -0.494. The van der Waals surface area contributed by atoms with Crippen LogP contribution in [0.15, 0.2) is 108 Å². The van der Waals surface area contributed by atoms with E-state index >= 15 is 0 Å². The van der Waals surface area contributed by atoms with Crippen LogP contribution in [0.2, 0.25) is 10.0 Å². The average Bonchev–Trinajstić information content (AvgIpc) is 3.01. The lowest BCUT2D eigenvalue weighted by atomic mass is 10.0. The van der Waals surface area contributed by atoms with Crippen molar-refractivity contribution < 1.29 is 22.7 Å². The second-order valence-electron chi connectivity index (χ2n) is 11.8. The third kappa shape index (κ3) is 9.25. The van der Waals surface area contributed by atoms with Crippen LogP contribution in [0, 0.1) is 0 Å². The molecule has 2 amide bonds. The summed E-state index contributed by atoms with van der Waals surface area (Å²) in [7, 11) is -2.80. The van der Waals surface area contributed by atoms with Crippen LogP contribution in [0.4, 0.5) is 5.69 Å². The lowest BCUT2D eigenvalue weighted by Gasteiger charge is -2.35. The molecular formula is C35H37Cl2N3O5S. The molecule has 4 aromatic rings. The number of ether oxygens (including phenoxy) is 1. The fourth-order valence-corrected chi connectivity index (χ4v) is 6.68. The summed E-state index contributed by atoms with van der Waals surface area (Å²) in [6.07, 6.45) is 0.192. The first-order chi connectivity index (χ1) is 21.8. The number of halogens is 2. The van der Waals surface area contributed by atoms with Gasteiger partial charge in [-0.3, -0.25) is 13.9 Å². The minimum absolute atomic E-state index is 0.000422. The number of carbonyl (C=O) groups is 2. The highest BCUT2D eigenvalue weighted by molar-refractivity contribution is 7.92. The summed E-state index contributed by atoms with van der Waals surface area (Å²) in [6.45, 7) is 4.96. The number of anilines is 1. The van der Waals surface area contributed by atoms with Gasteiger partial charge in [0, 0.05) is 28.5 Å². The minimum Gasteiger partial charge on any atom is -0.497 e. The van der Waals surface area contributed by atoms with Gasteiger partial charge in [-0.1, -0.05) is 71.7 Å². The Kier molecular flexibility index (Phi) is 11.4. The number of nitrogens with one attached hydrogen (secondary N) is 1. The summed E-state index contributed by atoms with van der Waals surface area (Å²) in [4.78, 5) is 29.9. The summed E-state index contributed by atoms with van der Waals surface area (Å²) in [5.41, 5.74) is 1.10. The Morgan fingerprint density at radius 1 is 0.826 bits per heavy atom. The van der Waals surface area contributed by atoms with Crippen LogP contribution in [0.25, 0.3) is 0 Å². The Morgan fingerprint density at radius 2 is 1.43 bits per heavy atom. The van der Waals surface area contributed by atoms with Gasteiger partial charge >= 0.3 is 0 Å². The molecule has 0 heterocycles. The molecule has 0 aromatic heterocycles. The molecule has 0 spiro atoms. The van der Waals surface area contributed by atoms with Crippen molar-refractivity contribution in [2.24, 2.45) is 0 Å². The Bertz CT molecular complexity index is 1760. The fraction of sp³-hybridized carbons (Fsp3) is 0.257. The Labute approximate surface area is 280 Å². The Morgan fingerprint density at radius 3 is 2.02 bits per heavy atom. The van der Waals surface area contributed by atoms with E-state index in [1.807, 2.05) is 51.1 Å². The number of sulfonamides is 1. The van der Waals surface area contributed by atoms with Gasteiger partial charge < -0.3 is 15.0 Å². The maximum Gasteiger partial charge on any atom is 0.264 e. The molecule has 1 N–H and O–H groups in total. The van der Waals surface area contributed by atoms with Crippen LogP contribution < -0.4 is 14.4 Å². The Balaban J connectivity index is 1.82. The second-order valence-corrected chi connectivity index (χ2v) is 14.5. The first-order valence-electron chi connectivity index (χ1n) is 14.6. The summed E-state index contributed by atoms with van der Waals surface area (Å²) in [5, 5.41) is 3.77. The number of benzene rings is 4. The van der Waals surface area contributed by atoms with E-state index < -0.39 is 34.1 Å². The third-order valence-electron chi connectivity index (χ3n) is 7.03. The number of carbonyl (C=O) groups excluding carboxylic acids is 2. The molecule has 8 nitrogen and oxygen atoms in total. The van der Waals surface area contributed by atoms with Gasteiger partial charge in [-0.2, -0.15) is 0 Å². The van der Waals surface area contributed by atoms with E-state index in [0.717, 1.165) is 9.87 Å². The SMILES string of the molecule is COc1ccc(S(=O)(=O)N(CC(=O)N(Cc2cccc(Cl)c2)C(Cc2ccccc2)C(=O)NC(C)(C)C)c2cccc(Cl)c2)cc1. The summed E-state index contributed by atoms with van der Waals surface area (Å²) >= 11 is 12.6. The molecule has 4 rings (SSSR count). The molecular weight excluding hydrogens is 645 g/mol. The van der Waals surface area contributed by atoms with E-state index in [1.54, 1.807) is 42.5 Å². The van der Waals surface area contributed by atoms with Gasteiger partial charge in [-0.05, 0) is 86.5 Å². The van der Waals surface area contributed by atoms with Crippen LogP contribution in [-0.2, 0) is 32.6 Å². The number of hydrogen-bond donors (Lipinski definition) is 1. The summed E-state index contributed by atoms with van der Waals surface area (Å²) < 4.78 is 34.5.